The quantitative estimate of drug-likeness (QED) is 0.672. The van der Waals surface area contributed by atoms with Crippen molar-refractivity contribution in [3.63, 3.8) is 0 Å². The summed E-state index contributed by atoms with van der Waals surface area (Å²) < 4.78 is 0. The van der Waals surface area contributed by atoms with Crippen LogP contribution >= 0.6 is 0 Å². The molecular formula is C21H21NO. The second-order valence-electron chi connectivity index (χ2n) is 6.07. The maximum Gasteiger partial charge on any atom is 0.254 e. The summed E-state index contributed by atoms with van der Waals surface area (Å²) in [7, 11) is 0. The van der Waals surface area contributed by atoms with Gasteiger partial charge in [-0.3, -0.25) is 4.79 Å². The topological polar surface area (TPSA) is 20.3 Å². The molecule has 23 heavy (non-hydrogen) atoms. The van der Waals surface area contributed by atoms with Gasteiger partial charge < -0.3 is 4.90 Å². The number of carbonyl (C=O) groups is 1. The van der Waals surface area contributed by atoms with Crippen LogP contribution in [0.1, 0.15) is 29.8 Å². The molecule has 0 fully saturated rings. The molecule has 0 spiro atoms. The van der Waals surface area contributed by atoms with Crippen LogP contribution in [-0.2, 0) is 6.54 Å². The van der Waals surface area contributed by atoms with E-state index < -0.39 is 0 Å². The summed E-state index contributed by atoms with van der Waals surface area (Å²) in [6.07, 6.45) is 0. The molecule has 2 heteroatoms. The molecule has 0 aromatic heterocycles. The zero-order chi connectivity index (χ0) is 16.2. The smallest absolute Gasteiger partial charge is 0.254 e. The number of nitrogens with zero attached hydrogens (tertiary/aromatic N) is 1. The molecule has 3 aromatic rings. The Balaban J connectivity index is 1.90. The van der Waals surface area contributed by atoms with Gasteiger partial charge in [-0.1, -0.05) is 60.7 Å². The third-order valence-corrected chi connectivity index (χ3v) is 4.08. The van der Waals surface area contributed by atoms with Crippen molar-refractivity contribution in [1.82, 2.24) is 4.90 Å². The normalized spacial score (nSPS) is 10.9. The maximum atomic E-state index is 13.0. The molecule has 0 radical (unpaired) electrons. The highest BCUT2D eigenvalue weighted by Crippen LogP contribution is 2.19. The van der Waals surface area contributed by atoms with E-state index in [0.29, 0.717) is 6.54 Å². The van der Waals surface area contributed by atoms with Gasteiger partial charge in [0.1, 0.15) is 0 Å². The van der Waals surface area contributed by atoms with E-state index in [9.17, 15) is 4.79 Å². The molecular weight excluding hydrogens is 282 g/mol. The van der Waals surface area contributed by atoms with Crippen LogP contribution < -0.4 is 0 Å². The molecule has 0 saturated carbocycles. The van der Waals surface area contributed by atoms with E-state index in [0.717, 1.165) is 21.9 Å². The molecule has 2 nitrogen and oxygen atoms in total. The van der Waals surface area contributed by atoms with Crippen molar-refractivity contribution < 1.29 is 4.79 Å². The van der Waals surface area contributed by atoms with Gasteiger partial charge in [0.2, 0.25) is 0 Å². The third kappa shape index (κ3) is 3.42. The molecule has 3 aromatic carbocycles. The minimum atomic E-state index is 0.0783. The van der Waals surface area contributed by atoms with Crippen LogP contribution in [0.25, 0.3) is 10.8 Å². The molecule has 0 bridgehead atoms. The summed E-state index contributed by atoms with van der Waals surface area (Å²) in [6.45, 7) is 4.74. The largest absolute Gasteiger partial charge is 0.332 e. The number of carbonyl (C=O) groups excluding carboxylic acids is 1. The van der Waals surface area contributed by atoms with Gasteiger partial charge >= 0.3 is 0 Å². The predicted octanol–water partition coefficient (Wildman–Crippen LogP) is 4.89. The molecule has 116 valence electrons. The monoisotopic (exact) mass is 303 g/mol. The summed E-state index contributed by atoms with van der Waals surface area (Å²) >= 11 is 0. The molecule has 0 N–H and O–H groups in total. The second kappa shape index (κ2) is 6.66. The number of hydrogen-bond acceptors (Lipinski definition) is 1. The van der Waals surface area contributed by atoms with Crippen molar-refractivity contribution in [2.75, 3.05) is 0 Å². The van der Waals surface area contributed by atoms with Crippen molar-refractivity contribution in [3.8, 4) is 0 Å². The van der Waals surface area contributed by atoms with Crippen molar-refractivity contribution in [2.24, 2.45) is 0 Å². The molecule has 0 atom stereocenters. The molecule has 0 aliphatic carbocycles. The Labute approximate surface area is 137 Å². The number of fused-ring (bicyclic) bond motifs is 1. The van der Waals surface area contributed by atoms with Crippen LogP contribution in [0, 0.1) is 0 Å². The highest BCUT2D eigenvalue weighted by atomic mass is 16.2. The maximum absolute atomic E-state index is 13.0. The number of rotatable bonds is 4. The Bertz CT molecular complexity index is 808. The van der Waals surface area contributed by atoms with Gasteiger partial charge in [0.05, 0.1) is 0 Å². The average Bonchev–Trinajstić information content (AvgIpc) is 2.59. The molecule has 0 aliphatic rings. The molecule has 3 rings (SSSR count). The van der Waals surface area contributed by atoms with Crippen molar-refractivity contribution in [2.45, 2.75) is 26.4 Å². The van der Waals surface area contributed by atoms with Gasteiger partial charge in [-0.25, -0.2) is 0 Å². The van der Waals surface area contributed by atoms with Crippen molar-refractivity contribution in [3.05, 3.63) is 83.9 Å². The standard InChI is InChI=1S/C21H21NO/c1-16(2)22(15-17-8-4-3-5-9-17)21(23)20-13-12-18-10-6-7-11-19(18)14-20/h3-14,16H,15H2,1-2H3. The van der Waals surface area contributed by atoms with Crippen molar-refractivity contribution >= 4 is 16.7 Å². The van der Waals surface area contributed by atoms with Crippen molar-refractivity contribution in [1.29, 1.82) is 0 Å². The van der Waals surface area contributed by atoms with Gasteiger partial charge in [0.25, 0.3) is 5.91 Å². The Morgan fingerprint density at radius 1 is 0.870 bits per heavy atom. The van der Waals surface area contributed by atoms with Crippen LogP contribution in [0.2, 0.25) is 0 Å². The lowest BCUT2D eigenvalue weighted by molar-refractivity contribution is 0.0690. The first-order valence-electron chi connectivity index (χ1n) is 7.99. The van der Waals surface area contributed by atoms with Crippen LogP contribution in [-0.4, -0.2) is 16.8 Å². The lowest BCUT2D eigenvalue weighted by Gasteiger charge is -2.27. The van der Waals surface area contributed by atoms with E-state index in [2.05, 4.69) is 32.0 Å². The lowest BCUT2D eigenvalue weighted by atomic mass is 10.1. The fourth-order valence-electron chi connectivity index (χ4n) is 2.76. The fraction of sp³-hybridized carbons (Fsp3) is 0.190. The summed E-state index contributed by atoms with van der Waals surface area (Å²) in [5.41, 5.74) is 1.89. The summed E-state index contributed by atoms with van der Waals surface area (Å²) in [5, 5.41) is 2.25. The van der Waals surface area contributed by atoms with E-state index in [1.165, 1.54) is 0 Å². The van der Waals surface area contributed by atoms with Gasteiger partial charge in [0.15, 0.2) is 0 Å². The summed E-state index contributed by atoms with van der Waals surface area (Å²) in [4.78, 5) is 14.9. The van der Waals surface area contributed by atoms with Gasteiger partial charge in [-0.15, -0.1) is 0 Å². The minimum absolute atomic E-state index is 0.0783. The third-order valence-electron chi connectivity index (χ3n) is 4.08. The molecule has 0 unspecified atom stereocenters. The Morgan fingerprint density at radius 2 is 1.52 bits per heavy atom. The fourth-order valence-corrected chi connectivity index (χ4v) is 2.76. The zero-order valence-corrected chi connectivity index (χ0v) is 13.6. The highest BCUT2D eigenvalue weighted by Gasteiger charge is 2.19. The molecule has 1 amide bonds. The molecule has 0 saturated heterocycles. The van der Waals surface area contributed by atoms with Crippen LogP contribution in [0.15, 0.2) is 72.8 Å². The number of benzene rings is 3. The van der Waals surface area contributed by atoms with Crippen LogP contribution in [0.5, 0.6) is 0 Å². The Morgan fingerprint density at radius 3 is 2.22 bits per heavy atom. The lowest BCUT2D eigenvalue weighted by Crippen LogP contribution is -2.36. The first kappa shape index (κ1) is 15.3. The SMILES string of the molecule is CC(C)N(Cc1ccccc1)C(=O)c1ccc2ccccc2c1. The van der Waals surface area contributed by atoms with E-state index in [-0.39, 0.29) is 11.9 Å². The van der Waals surface area contributed by atoms with E-state index >= 15 is 0 Å². The van der Waals surface area contributed by atoms with E-state index in [4.69, 9.17) is 0 Å². The first-order valence-corrected chi connectivity index (χ1v) is 7.99. The second-order valence-corrected chi connectivity index (χ2v) is 6.07. The highest BCUT2D eigenvalue weighted by molar-refractivity contribution is 5.98. The molecule has 0 aliphatic heterocycles. The Hall–Kier alpha value is -2.61. The Kier molecular flexibility index (Phi) is 4.42. The van der Waals surface area contributed by atoms with Gasteiger partial charge in [-0.05, 0) is 42.3 Å². The van der Waals surface area contributed by atoms with Gasteiger partial charge in [0, 0.05) is 18.2 Å². The number of hydrogen-bond donors (Lipinski definition) is 0. The van der Waals surface area contributed by atoms with E-state index in [1.807, 2.05) is 59.5 Å². The molecule has 0 heterocycles. The first-order chi connectivity index (χ1) is 11.1. The van der Waals surface area contributed by atoms with E-state index in [1.54, 1.807) is 0 Å². The summed E-state index contributed by atoms with van der Waals surface area (Å²) in [6, 6.07) is 24.3. The van der Waals surface area contributed by atoms with Crippen LogP contribution in [0.3, 0.4) is 0 Å². The predicted molar refractivity (Wildman–Crippen MR) is 95.4 cm³/mol. The van der Waals surface area contributed by atoms with Crippen LogP contribution in [0.4, 0.5) is 0 Å². The van der Waals surface area contributed by atoms with Gasteiger partial charge in [-0.2, -0.15) is 0 Å². The average molecular weight is 303 g/mol. The zero-order valence-electron chi connectivity index (χ0n) is 13.6. The summed E-state index contributed by atoms with van der Waals surface area (Å²) in [5.74, 6) is 0.0783. The number of amides is 1. The minimum Gasteiger partial charge on any atom is -0.332 e.